The molecular formula is C15H20BrN3O3. The summed E-state index contributed by atoms with van der Waals surface area (Å²) in [6.45, 7) is 2.36. The fraction of sp³-hybridized carbons (Fsp3) is 0.533. The molecule has 2 N–H and O–H groups in total. The molecule has 7 heteroatoms. The molecule has 0 amide bonds. The van der Waals surface area contributed by atoms with E-state index in [4.69, 9.17) is 19.9 Å². The molecule has 2 aliphatic rings. The van der Waals surface area contributed by atoms with Crippen molar-refractivity contribution in [3.05, 3.63) is 22.2 Å². The highest BCUT2D eigenvalue weighted by Gasteiger charge is 2.45. The van der Waals surface area contributed by atoms with Crippen molar-refractivity contribution in [2.75, 3.05) is 33.9 Å². The molecule has 1 aromatic rings. The first kappa shape index (κ1) is 15.4. The summed E-state index contributed by atoms with van der Waals surface area (Å²) in [5.41, 5.74) is 6.18. The van der Waals surface area contributed by atoms with Crippen LogP contribution in [0.25, 0.3) is 0 Å². The number of aliphatic imine (C=N–C) groups is 1. The zero-order chi connectivity index (χ0) is 15.7. The SMILES string of the molecule is COc1cc(C2(N3CCCC3)COC(N)=N2)cc(OC)c1Br. The number of hydrogen-bond acceptors (Lipinski definition) is 6. The van der Waals surface area contributed by atoms with Gasteiger partial charge in [-0.25, -0.2) is 4.99 Å². The van der Waals surface area contributed by atoms with Gasteiger partial charge in [-0.05, 0) is 40.9 Å². The van der Waals surface area contributed by atoms with Gasteiger partial charge in [0, 0.05) is 18.7 Å². The summed E-state index contributed by atoms with van der Waals surface area (Å²) >= 11 is 3.50. The molecular weight excluding hydrogens is 350 g/mol. The smallest absolute Gasteiger partial charge is 0.284 e. The van der Waals surface area contributed by atoms with E-state index in [1.54, 1.807) is 14.2 Å². The lowest BCUT2D eigenvalue weighted by atomic mass is 9.98. The summed E-state index contributed by atoms with van der Waals surface area (Å²) in [6, 6.07) is 4.17. The van der Waals surface area contributed by atoms with E-state index < -0.39 is 5.66 Å². The van der Waals surface area contributed by atoms with Gasteiger partial charge in [-0.2, -0.15) is 0 Å². The normalized spacial score (nSPS) is 25.0. The minimum absolute atomic E-state index is 0.229. The average molecular weight is 370 g/mol. The van der Waals surface area contributed by atoms with Crippen LogP contribution in [-0.4, -0.2) is 44.8 Å². The van der Waals surface area contributed by atoms with Crippen molar-refractivity contribution in [3.8, 4) is 11.5 Å². The number of methoxy groups -OCH3 is 2. The Balaban J connectivity index is 2.13. The van der Waals surface area contributed by atoms with Gasteiger partial charge < -0.3 is 19.9 Å². The van der Waals surface area contributed by atoms with Crippen LogP contribution in [0.1, 0.15) is 18.4 Å². The fourth-order valence-corrected chi connectivity index (χ4v) is 3.65. The van der Waals surface area contributed by atoms with E-state index in [2.05, 4.69) is 25.8 Å². The molecule has 2 aliphatic heterocycles. The molecule has 0 bridgehead atoms. The van der Waals surface area contributed by atoms with E-state index in [0.717, 1.165) is 36.0 Å². The van der Waals surface area contributed by atoms with Crippen LogP contribution in [0, 0.1) is 0 Å². The molecule has 1 fully saturated rings. The maximum Gasteiger partial charge on any atom is 0.284 e. The summed E-state index contributed by atoms with van der Waals surface area (Å²) in [5, 5.41) is 0. The number of hydrogen-bond donors (Lipinski definition) is 1. The zero-order valence-corrected chi connectivity index (χ0v) is 14.4. The van der Waals surface area contributed by atoms with E-state index in [0.29, 0.717) is 18.1 Å². The summed E-state index contributed by atoms with van der Waals surface area (Å²) in [6.07, 6.45) is 2.31. The highest BCUT2D eigenvalue weighted by atomic mass is 79.9. The van der Waals surface area contributed by atoms with Crippen molar-refractivity contribution in [2.45, 2.75) is 18.5 Å². The molecule has 2 heterocycles. The fourth-order valence-electron chi connectivity index (χ4n) is 3.10. The molecule has 1 unspecified atom stereocenters. The number of benzene rings is 1. The van der Waals surface area contributed by atoms with Crippen LogP contribution in [0.15, 0.2) is 21.6 Å². The Labute approximate surface area is 138 Å². The maximum absolute atomic E-state index is 5.82. The molecule has 22 heavy (non-hydrogen) atoms. The summed E-state index contributed by atoms with van der Waals surface area (Å²) in [4.78, 5) is 6.94. The molecule has 120 valence electrons. The predicted molar refractivity (Wildman–Crippen MR) is 87.3 cm³/mol. The van der Waals surface area contributed by atoms with E-state index >= 15 is 0 Å². The van der Waals surface area contributed by atoms with Crippen LogP contribution in [0.4, 0.5) is 0 Å². The van der Waals surface area contributed by atoms with Gasteiger partial charge in [0.1, 0.15) is 22.6 Å². The predicted octanol–water partition coefficient (Wildman–Crippen LogP) is 2.06. The van der Waals surface area contributed by atoms with Crippen molar-refractivity contribution in [3.63, 3.8) is 0 Å². The first-order valence-corrected chi connectivity index (χ1v) is 8.05. The lowest BCUT2D eigenvalue weighted by molar-refractivity contribution is 0.0856. The van der Waals surface area contributed by atoms with Crippen molar-refractivity contribution < 1.29 is 14.2 Å². The second-order valence-corrected chi connectivity index (χ2v) is 6.24. The molecule has 1 atom stereocenters. The van der Waals surface area contributed by atoms with Gasteiger partial charge in [0.15, 0.2) is 5.66 Å². The van der Waals surface area contributed by atoms with Crippen molar-refractivity contribution in [1.82, 2.24) is 4.90 Å². The number of halogens is 1. The van der Waals surface area contributed by atoms with Crippen molar-refractivity contribution in [2.24, 2.45) is 10.7 Å². The monoisotopic (exact) mass is 369 g/mol. The molecule has 0 radical (unpaired) electrons. The standard InChI is InChI=1S/C15H20BrN3O3/c1-20-11-7-10(8-12(21-2)13(11)16)15(9-22-14(17)18-15)19-5-3-4-6-19/h7-8H,3-6,9H2,1-2H3,(H2,17,18). The molecule has 1 aromatic carbocycles. The third-order valence-corrected chi connectivity index (χ3v) is 5.04. The highest BCUT2D eigenvalue weighted by Crippen LogP contribution is 2.43. The van der Waals surface area contributed by atoms with Crippen LogP contribution in [0.5, 0.6) is 11.5 Å². The lowest BCUT2D eigenvalue weighted by Gasteiger charge is -2.35. The van der Waals surface area contributed by atoms with E-state index in [1.807, 2.05) is 12.1 Å². The van der Waals surface area contributed by atoms with Gasteiger partial charge in [-0.3, -0.25) is 4.90 Å². The summed E-state index contributed by atoms with van der Waals surface area (Å²) in [7, 11) is 3.27. The van der Waals surface area contributed by atoms with Gasteiger partial charge >= 0.3 is 0 Å². The molecule has 0 saturated carbocycles. The van der Waals surface area contributed by atoms with Gasteiger partial charge in [-0.15, -0.1) is 0 Å². The minimum atomic E-state index is -0.595. The Hall–Kier alpha value is -1.47. The van der Waals surface area contributed by atoms with Gasteiger partial charge in [0.25, 0.3) is 6.02 Å². The average Bonchev–Trinajstić information content (AvgIpc) is 3.17. The largest absolute Gasteiger partial charge is 0.495 e. The summed E-state index contributed by atoms with van der Waals surface area (Å²) < 4.78 is 17.2. The number of ether oxygens (including phenoxy) is 3. The second kappa shape index (κ2) is 5.96. The van der Waals surface area contributed by atoms with E-state index in [-0.39, 0.29) is 6.02 Å². The van der Waals surface area contributed by atoms with E-state index in [1.165, 1.54) is 0 Å². The maximum atomic E-state index is 5.82. The second-order valence-electron chi connectivity index (χ2n) is 5.44. The van der Waals surface area contributed by atoms with Gasteiger partial charge in [0.05, 0.1) is 14.2 Å². The quantitative estimate of drug-likeness (QED) is 0.879. The molecule has 0 aromatic heterocycles. The first-order valence-electron chi connectivity index (χ1n) is 7.26. The Kier molecular flexibility index (Phi) is 4.18. The number of nitrogens with two attached hydrogens (primary N) is 1. The third-order valence-electron chi connectivity index (χ3n) is 4.25. The number of rotatable bonds is 4. The number of nitrogens with zero attached hydrogens (tertiary/aromatic N) is 2. The molecule has 3 rings (SSSR count). The first-order chi connectivity index (χ1) is 10.6. The topological polar surface area (TPSA) is 69.3 Å². The Morgan fingerprint density at radius 3 is 2.27 bits per heavy atom. The Bertz CT molecular complexity index is 577. The zero-order valence-electron chi connectivity index (χ0n) is 12.8. The van der Waals surface area contributed by atoms with Gasteiger partial charge in [0.2, 0.25) is 0 Å². The van der Waals surface area contributed by atoms with Gasteiger partial charge in [-0.1, -0.05) is 0 Å². The van der Waals surface area contributed by atoms with Crippen molar-refractivity contribution in [1.29, 1.82) is 0 Å². The molecule has 0 aliphatic carbocycles. The molecule has 1 saturated heterocycles. The minimum Gasteiger partial charge on any atom is -0.495 e. The highest BCUT2D eigenvalue weighted by molar-refractivity contribution is 9.10. The van der Waals surface area contributed by atoms with Crippen LogP contribution in [0.3, 0.4) is 0 Å². The van der Waals surface area contributed by atoms with Crippen molar-refractivity contribution >= 4 is 22.0 Å². The molecule has 0 spiro atoms. The number of likely N-dealkylation sites (tertiary alicyclic amines) is 1. The Morgan fingerprint density at radius 2 is 1.82 bits per heavy atom. The van der Waals surface area contributed by atoms with Crippen LogP contribution in [0.2, 0.25) is 0 Å². The van der Waals surface area contributed by atoms with Crippen LogP contribution in [-0.2, 0) is 10.4 Å². The lowest BCUT2D eigenvalue weighted by Crippen LogP contribution is -2.44. The van der Waals surface area contributed by atoms with E-state index in [9.17, 15) is 0 Å². The van der Waals surface area contributed by atoms with Crippen LogP contribution < -0.4 is 15.2 Å². The summed E-state index contributed by atoms with van der Waals surface area (Å²) in [5.74, 6) is 1.40. The van der Waals surface area contributed by atoms with Crippen LogP contribution >= 0.6 is 15.9 Å². The third kappa shape index (κ3) is 2.42. The number of amidine groups is 1. The Morgan fingerprint density at radius 1 is 1.23 bits per heavy atom. The molecule has 6 nitrogen and oxygen atoms in total.